The van der Waals surface area contributed by atoms with E-state index in [0.717, 1.165) is 15.7 Å². The van der Waals surface area contributed by atoms with E-state index >= 15 is 0 Å². The fraction of sp³-hybridized carbons (Fsp3) is 0.417. The molecule has 0 aliphatic carbocycles. The number of rotatable bonds is 5. The molecule has 0 unspecified atom stereocenters. The first-order valence-corrected chi connectivity index (χ1v) is 6.44. The molecule has 3 N–H and O–H groups in total. The van der Waals surface area contributed by atoms with Crippen molar-refractivity contribution in [3.63, 3.8) is 0 Å². The van der Waals surface area contributed by atoms with E-state index in [4.69, 9.17) is 22.7 Å². The second-order valence-electron chi connectivity index (χ2n) is 4.37. The first kappa shape index (κ1) is 14.4. The quantitative estimate of drug-likeness (QED) is 0.820. The minimum Gasteiger partial charge on any atom is -0.389 e. The highest BCUT2D eigenvalue weighted by atomic mass is 79.9. The lowest BCUT2D eigenvalue weighted by Gasteiger charge is -2.24. The number of halogens is 1. The average molecular weight is 317 g/mol. The molecule has 3 nitrogen and oxygen atoms in total. The van der Waals surface area contributed by atoms with Crippen molar-refractivity contribution < 1.29 is 4.74 Å². The fourth-order valence-corrected chi connectivity index (χ4v) is 1.78. The van der Waals surface area contributed by atoms with Crippen molar-refractivity contribution in [3.8, 4) is 0 Å². The Morgan fingerprint density at radius 3 is 2.71 bits per heavy atom. The molecule has 94 valence electrons. The molecule has 0 bridgehead atoms. The van der Waals surface area contributed by atoms with Gasteiger partial charge >= 0.3 is 0 Å². The zero-order valence-corrected chi connectivity index (χ0v) is 12.6. The lowest BCUT2D eigenvalue weighted by molar-refractivity contribution is 0.0344. The minimum absolute atomic E-state index is 0.236. The maximum absolute atomic E-state index is 5.69. The Hall–Kier alpha value is -0.650. The van der Waals surface area contributed by atoms with Gasteiger partial charge in [-0.1, -0.05) is 28.1 Å². The second kappa shape index (κ2) is 5.80. The molecule has 1 rings (SSSR count). The first-order valence-electron chi connectivity index (χ1n) is 5.24. The van der Waals surface area contributed by atoms with Crippen molar-refractivity contribution in [2.24, 2.45) is 5.73 Å². The molecule has 0 aliphatic heterocycles. The van der Waals surface area contributed by atoms with Gasteiger partial charge in [0.2, 0.25) is 0 Å². The summed E-state index contributed by atoms with van der Waals surface area (Å²) in [5.41, 5.74) is 7.22. The maximum Gasteiger partial charge on any atom is 0.106 e. The van der Waals surface area contributed by atoms with Crippen LogP contribution in [0.2, 0.25) is 0 Å². The molecular weight excluding hydrogens is 300 g/mol. The summed E-state index contributed by atoms with van der Waals surface area (Å²) in [5, 5.41) is 3.30. The van der Waals surface area contributed by atoms with Gasteiger partial charge in [0, 0.05) is 29.4 Å². The molecule has 17 heavy (non-hydrogen) atoms. The van der Waals surface area contributed by atoms with Crippen LogP contribution in [0.15, 0.2) is 22.7 Å². The Morgan fingerprint density at radius 2 is 2.18 bits per heavy atom. The molecule has 0 spiro atoms. The zero-order valence-electron chi connectivity index (χ0n) is 10.2. The molecule has 0 fully saturated rings. The molecular formula is C12H17BrN2OS. The predicted octanol–water partition coefficient (Wildman–Crippen LogP) is 2.92. The van der Waals surface area contributed by atoms with Gasteiger partial charge in [0.1, 0.15) is 4.99 Å². The highest BCUT2D eigenvalue weighted by Gasteiger charge is 2.16. The fourth-order valence-electron chi connectivity index (χ4n) is 1.25. The Balaban J connectivity index is 2.88. The van der Waals surface area contributed by atoms with E-state index < -0.39 is 0 Å². The smallest absolute Gasteiger partial charge is 0.106 e. The molecule has 0 radical (unpaired) electrons. The van der Waals surface area contributed by atoms with Crippen LogP contribution in [0.25, 0.3) is 0 Å². The number of nitrogens with one attached hydrogen (secondary N) is 1. The van der Waals surface area contributed by atoms with Gasteiger partial charge in [-0.2, -0.15) is 0 Å². The molecule has 0 aliphatic rings. The molecule has 0 saturated heterocycles. The van der Waals surface area contributed by atoms with Crippen LogP contribution in [0.3, 0.4) is 0 Å². The van der Waals surface area contributed by atoms with Crippen molar-refractivity contribution >= 4 is 38.8 Å². The summed E-state index contributed by atoms with van der Waals surface area (Å²) in [7, 11) is 1.69. The maximum atomic E-state index is 5.69. The Labute approximate surface area is 116 Å². The summed E-state index contributed by atoms with van der Waals surface area (Å²) in [6.07, 6.45) is 0. The average Bonchev–Trinajstić information content (AvgIpc) is 2.27. The molecule has 0 atom stereocenters. The van der Waals surface area contributed by atoms with Crippen LogP contribution in [0, 0.1) is 0 Å². The van der Waals surface area contributed by atoms with Gasteiger partial charge in [-0.15, -0.1) is 0 Å². The van der Waals surface area contributed by atoms with Crippen LogP contribution in [0.4, 0.5) is 5.69 Å². The SMILES string of the molecule is COC(C)(C)CNc1ccc(Br)cc1C(N)=S. The summed E-state index contributed by atoms with van der Waals surface area (Å²) < 4.78 is 6.30. The van der Waals surface area contributed by atoms with Crippen molar-refractivity contribution in [1.29, 1.82) is 0 Å². The highest BCUT2D eigenvalue weighted by Crippen LogP contribution is 2.22. The Kier molecular flexibility index (Phi) is 4.91. The van der Waals surface area contributed by atoms with Crippen molar-refractivity contribution in [2.75, 3.05) is 19.0 Å². The van der Waals surface area contributed by atoms with Crippen molar-refractivity contribution in [2.45, 2.75) is 19.4 Å². The van der Waals surface area contributed by atoms with Crippen LogP contribution >= 0.6 is 28.1 Å². The molecule has 1 aromatic carbocycles. The van der Waals surface area contributed by atoms with E-state index in [0.29, 0.717) is 11.5 Å². The van der Waals surface area contributed by atoms with E-state index in [1.807, 2.05) is 32.0 Å². The molecule has 1 aromatic rings. The number of thiocarbonyl (C=S) groups is 1. The van der Waals surface area contributed by atoms with Crippen LogP contribution in [-0.4, -0.2) is 24.2 Å². The normalized spacial score (nSPS) is 11.3. The number of benzene rings is 1. The van der Waals surface area contributed by atoms with Crippen LogP contribution in [0.1, 0.15) is 19.4 Å². The van der Waals surface area contributed by atoms with Gasteiger partial charge in [0.15, 0.2) is 0 Å². The van der Waals surface area contributed by atoms with Gasteiger partial charge < -0.3 is 15.8 Å². The predicted molar refractivity (Wildman–Crippen MR) is 79.6 cm³/mol. The van der Waals surface area contributed by atoms with E-state index in [2.05, 4.69) is 21.2 Å². The number of anilines is 1. The summed E-state index contributed by atoms with van der Waals surface area (Å²) in [6.45, 7) is 4.71. The lowest BCUT2D eigenvalue weighted by Crippen LogP contribution is -2.32. The topological polar surface area (TPSA) is 47.3 Å². The molecule has 0 amide bonds. The van der Waals surface area contributed by atoms with Crippen LogP contribution in [0.5, 0.6) is 0 Å². The largest absolute Gasteiger partial charge is 0.389 e. The number of ether oxygens (including phenoxy) is 1. The third-order valence-electron chi connectivity index (χ3n) is 2.50. The number of hydrogen-bond donors (Lipinski definition) is 2. The minimum atomic E-state index is -0.236. The summed E-state index contributed by atoms with van der Waals surface area (Å²) in [6, 6.07) is 5.80. The molecule has 0 heterocycles. The van der Waals surface area contributed by atoms with Crippen molar-refractivity contribution in [3.05, 3.63) is 28.2 Å². The van der Waals surface area contributed by atoms with E-state index in [1.165, 1.54) is 0 Å². The van der Waals surface area contributed by atoms with Gasteiger partial charge in [-0.05, 0) is 32.0 Å². The highest BCUT2D eigenvalue weighted by molar-refractivity contribution is 9.10. The Morgan fingerprint density at radius 1 is 1.53 bits per heavy atom. The first-order chi connectivity index (χ1) is 7.85. The summed E-state index contributed by atoms with van der Waals surface area (Å²) in [5.74, 6) is 0. The number of nitrogens with two attached hydrogens (primary N) is 1. The zero-order chi connectivity index (χ0) is 13.1. The molecule has 0 aromatic heterocycles. The number of hydrogen-bond acceptors (Lipinski definition) is 3. The summed E-state index contributed by atoms with van der Waals surface area (Å²) in [4.78, 5) is 0.379. The molecule has 0 saturated carbocycles. The van der Waals surface area contributed by atoms with Crippen molar-refractivity contribution in [1.82, 2.24) is 0 Å². The van der Waals surface area contributed by atoms with Gasteiger partial charge in [-0.25, -0.2) is 0 Å². The lowest BCUT2D eigenvalue weighted by atomic mass is 10.1. The third-order valence-corrected chi connectivity index (χ3v) is 3.22. The molecule has 5 heteroatoms. The Bertz CT molecular complexity index is 421. The van der Waals surface area contributed by atoms with Gasteiger partial charge in [0.05, 0.1) is 5.60 Å². The number of methoxy groups -OCH3 is 1. The summed E-state index contributed by atoms with van der Waals surface area (Å²) >= 11 is 8.43. The second-order valence-corrected chi connectivity index (χ2v) is 5.73. The van der Waals surface area contributed by atoms with Crippen LogP contribution < -0.4 is 11.1 Å². The van der Waals surface area contributed by atoms with Crippen LogP contribution in [-0.2, 0) is 4.74 Å². The van der Waals surface area contributed by atoms with E-state index in [9.17, 15) is 0 Å². The van der Waals surface area contributed by atoms with Gasteiger partial charge in [0.25, 0.3) is 0 Å². The van der Waals surface area contributed by atoms with E-state index in [-0.39, 0.29) is 5.60 Å². The third kappa shape index (κ3) is 4.26. The standard InChI is InChI=1S/C12H17BrN2OS/c1-12(2,16-3)7-15-10-5-4-8(13)6-9(10)11(14)17/h4-6,15H,7H2,1-3H3,(H2,14,17). The van der Waals surface area contributed by atoms with Gasteiger partial charge in [-0.3, -0.25) is 0 Å². The monoisotopic (exact) mass is 316 g/mol. The van der Waals surface area contributed by atoms with E-state index in [1.54, 1.807) is 7.11 Å².